The maximum atomic E-state index is 12.1. The van der Waals surface area contributed by atoms with Crippen LogP contribution < -0.4 is 28.4 Å². The van der Waals surface area contributed by atoms with E-state index in [2.05, 4.69) is 6.58 Å². The lowest BCUT2D eigenvalue weighted by molar-refractivity contribution is -0.137. The second-order valence-corrected chi connectivity index (χ2v) is 7.27. The number of hydrogen-bond donors (Lipinski definition) is 1. The first kappa shape index (κ1) is 26.7. The van der Waals surface area contributed by atoms with Gasteiger partial charge in [0.15, 0.2) is 23.0 Å². The van der Waals surface area contributed by atoms with Gasteiger partial charge in [-0.3, -0.25) is 0 Å². The zero-order valence-electron chi connectivity index (χ0n) is 20.8. The molecule has 2 aromatic carbocycles. The number of aliphatic hydroxyl groups excluding tert-OH is 1. The van der Waals surface area contributed by atoms with Crippen LogP contribution >= 0.6 is 0 Å². The van der Waals surface area contributed by atoms with Gasteiger partial charge >= 0.3 is 5.97 Å². The fraction of sp³-hybridized carbons (Fsp3) is 0.400. The molecule has 0 amide bonds. The van der Waals surface area contributed by atoms with Gasteiger partial charge < -0.3 is 38.3 Å². The lowest BCUT2D eigenvalue weighted by Crippen LogP contribution is -2.19. The molecule has 9 heteroatoms. The van der Waals surface area contributed by atoms with E-state index in [1.165, 1.54) is 49.8 Å². The third-order valence-electron chi connectivity index (χ3n) is 5.60. The second kappa shape index (κ2) is 11.5. The molecule has 9 nitrogen and oxygen atoms in total. The molecule has 0 aliphatic carbocycles. The largest absolute Gasteiger partial charge is 0.493 e. The molecule has 1 N–H and O–H groups in total. The summed E-state index contributed by atoms with van der Waals surface area (Å²) in [5.41, 5.74) is 1.58. The molecule has 0 bridgehead atoms. The molecule has 0 saturated carbocycles. The molecule has 0 aliphatic rings. The Hall–Kier alpha value is -3.59. The quantitative estimate of drug-likeness (QED) is 0.383. The number of rotatable bonds is 11. The van der Waals surface area contributed by atoms with Crippen molar-refractivity contribution in [3.8, 4) is 45.6 Å². The maximum absolute atomic E-state index is 12.1. The van der Waals surface area contributed by atoms with Crippen LogP contribution in [0.15, 0.2) is 30.4 Å². The number of methoxy groups -OCH3 is 7. The van der Waals surface area contributed by atoms with Crippen LogP contribution in [0.1, 0.15) is 18.6 Å². The molecule has 34 heavy (non-hydrogen) atoms. The van der Waals surface area contributed by atoms with Crippen molar-refractivity contribution >= 4 is 5.97 Å². The van der Waals surface area contributed by atoms with Crippen LogP contribution in [0, 0.1) is 5.92 Å². The fourth-order valence-electron chi connectivity index (χ4n) is 3.71. The first-order valence-corrected chi connectivity index (χ1v) is 10.3. The third-order valence-corrected chi connectivity index (χ3v) is 5.60. The predicted octanol–water partition coefficient (Wildman–Crippen LogP) is 3.80. The van der Waals surface area contributed by atoms with Gasteiger partial charge in [0.2, 0.25) is 11.5 Å². The molecular weight excluding hydrogens is 444 g/mol. The predicted molar refractivity (Wildman–Crippen MR) is 126 cm³/mol. The van der Waals surface area contributed by atoms with Crippen LogP contribution in [0.2, 0.25) is 0 Å². The Labute approximate surface area is 199 Å². The van der Waals surface area contributed by atoms with Gasteiger partial charge in [0, 0.05) is 17.1 Å². The summed E-state index contributed by atoms with van der Waals surface area (Å²) in [4.78, 5) is 12.1. The van der Waals surface area contributed by atoms with Gasteiger partial charge in [-0.2, -0.15) is 0 Å². The molecule has 2 aromatic rings. The highest BCUT2D eigenvalue weighted by Gasteiger charge is 2.31. The molecule has 2 atom stereocenters. The Balaban J connectivity index is 2.93. The minimum atomic E-state index is -1.19. The highest BCUT2D eigenvalue weighted by Crippen LogP contribution is 2.52. The molecule has 0 spiro atoms. The standard InChI is InChI=1S/C25H32O9/c1-13(14(2)25(27)34-9)21(26)16-12-19(30-5)23(32-7)24(33-8)20(16)15-10-17(28-3)22(31-6)18(11-15)29-4/h10-13,21,26H,2H2,1,3-9H3. The van der Waals surface area contributed by atoms with Crippen LogP contribution in [-0.4, -0.2) is 60.8 Å². The zero-order chi connectivity index (χ0) is 25.6. The summed E-state index contributed by atoms with van der Waals surface area (Å²) in [6, 6.07) is 5.08. The van der Waals surface area contributed by atoms with Crippen molar-refractivity contribution in [3.05, 3.63) is 35.9 Å². The Morgan fingerprint density at radius 2 is 1.24 bits per heavy atom. The number of carbonyl (C=O) groups is 1. The van der Waals surface area contributed by atoms with E-state index in [1.807, 2.05) is 0 Å². The topological polar surface area (TPSA) is 102 Å². The number of esters is 1. The SMILES string of the molecule is C=C(C(=O)OC)C(C)C(O)c1cc(OC)c(OC)c(OC)c1-c1cc(OC)c(OC)c(OC)c1. The van der Waals surface area contributed by atoms with Gasteiger partial charge in [-0.05, 0) is 29.3 Å². The van der Waals surface area contributed by atoms with Gasteiger partial charge in [0.25, 0.3) is 0 Å². The van der Waals surface area contributed by atoms with Crippen molar-refractivity contribution in [2.75, 3.05) is 49.8 Å². The number of aliphatic hydroxyl groups is 1. The Morgan fingerprint density at radius 1 is 0.765 bits per heavy atom. The summed E-state index contributed by atoms with van der Waals surface area (Å²) in [6.07, 6.45) is -1.19. The van der Waals surface area contributed by atoms with Gasteiger partial charge in [-0.1, -0.05) is 13.5 Å². The highest BCUT2D eigenvalue weighted by molar-refractivity contribution is 5.88. The van der Waals surface area contributed by atoms with Crippen LogP contribution in [0.4, 0.5) is 0 Å². The molecule has 0 saturated heterocycles. The number of hydrogen-bond acceptors (Lipinski definition) is 9. The van der Waals surface area contributed by atoms with Crippen molar-refractivity contribution in [3.63, 3.8) is 0 Å². The van der Waals surface area contributed by atoms with Crippen LogP contribution in [0.5, 0.6) is 34.5 Å². The number of ether oxygens (including phenoxy) is 7. The minimum Gasteiger partial charge on any atom is -0.493 e. The van der Waals surface area contributed by atoms with E-state index in [0.29, 0.717) is 51.2 Å². The fourth-order valence-corrected chi connectivity index (χ4v) is 3.71. The van der Waals surface area contributed by atoms with Crippen LogP contribution in [0.25, 0.3) is 11.1 Å². The Morgan fingerprint density at radius 3 is 1.65 bits per heavy atom. The van der Waals surface area contributed by atoms with E-state index in [1.54, 1.807) is 25.1 Å². The van der Waals surface area contributed by atoms with Crippen molar-refractivity contribution in [1.82, 2.24) is 0 Å². The van der Waals surface area contributed by atoms with Gasteiger partial charge in [0.1, 0.15) is 0 Å². The maximum Gasteiger partial charge on any atom is 0.333 e. The third kappa shape index (κ3) is 4.84. The van der Waals surface area contributed by atoms with E-state index in [-0.39, 0.29) is 5.57 Å². The lowest BCUT2D eigenvalue weighted by atomic mass is 9.86. The molecule has 0 radical (unpaired) electrons. The molecule has 0 aromatic heterocycles. The molecule has 186 valence electrons. The molecule has 2 rings (SSSR count). The van der Waals surface area contributed by atoms with Gasteiger partial charge in [0.05, 0.1) is 55.9 Å². The average molecular weight is 477 g/mol. The van der Waals surface area contributed by atoms with E-state index in [4.69, 9.17) is 33.2 Å². The number of benzene rings is 2. The number of carbonyl (C=O) groups excluding carboxylic acids is 1. The first-order valence-electron chi connectivity index (χ1n) is 10.3. The van der Waals surface area contributed by atoms with Crippen molar-refractivity contribution < 1.29 is 43.1 Å². The average Bonchev–Trinajstić information content (AvgIpc) is 2.88. The molecule has 0 fully saturated rings. The monoisotopic (exact) mass is 476 g/mol. The van der Waals surface area contributed by atoms with E-state index in [9.17, 15) is 9.90 Å². The Bertz CT molecular complexity index is 1020. The summed E-state index contributed by atoms with van der Waals surface area (Å²) < 4.78 is 38.0. The summed E-state index contributed by atoms with van der Waals surface area (Å²) >= 11 is 0. The smallest absolute Gasteiger partial charge is 0.333 e. The van der Waals surface area contributed by atoms with E-state index in [0.717, 1.165) is 0 Å². The summed E-state index contributed by atoms with van der Waals surface area (Å²) in [6.45, 7) is 5.47. The van der Waals surface area contributed by atoms with Crippen LogP contribution in [-0.2, 0) is 9.53 Å². The van der Waals surface area contributed by atoms with E-state index >= 15 is 0 Å². The summed E-state index contributed by atoms with van der Waals surface area (Å²) in [7, 11) is 10.2. The van der Waals surface area contributed by atoms with Gasteiger partial charge in [-0.25, -0.2) is 4.79 Å². The van der Waals surface area contributed by atoms with Crippen LogP contribution in [0.3, 0.4) is 0 Å². The van der Waals surface area contributed by atoms with Crippen molar-refractivity contribution in [1.29, 1.82) is 0 Å². The summed E-state index contributed by atoms with van der Waals surface area (Å²) in [5.74, 6) is 0.861. The van der Waals surface area contributed by atoms with Crippen molar-refractivity contribution in [2.24, 2.45) is 5.92 Å². The normalized spacial score (nSPS) is 12.3. The van der Waals surface area contributed by atoms with Gasteiger partial charge in [-0.15, -0.1) is 0 Å². The van der Waals surface area contributed by atoms with Crippen molar-refractivity contribution in [2.45, 2.75) is 13.0 Å². The summed E-state index contributed by atoms with van der Waals surface area (Å²) in [5, 5.41) is 11.4. The molecular formula is C25H32O9. The minimum absolute atomic E-state index is 0.111. The second-order valence-electron chi connectivity index (χ2n) is 7.27. The zero-order valence-corrected chi connectivity index (χ0v) is 20.8. The highest BCUT2D eigenvalue weighted by atomic mass is 16.5. The lowest BCUT2D eigenvalue weighted by Gasteiger charge is -2.26. The Kier molecular flexibility index (Phi) is 9.03. The first-order chi connectivity index (χ1) is 16.2. The molecule has 0 heterocycles. The van der Waals surface area contributed by atoms with E-state index < -0.39 is 18.0 Å². The molecule has 0 aliphatic heterocycles. The molecule has 2 unspecified atom stereocenters.